The number of ether oxygens (including phenoxy) is 2. The van der Waals surface area contributed by atoms with Crippen molar-refractivity contribution in [1.29, 1.82) is 0 Å². The molecule has 5 aliphatic rings. The lowest BCUT2D eigenvalue weighted by Gasteiger charge is -2.62. The Hall–Kier alpha value is -0.570. The van der Waals surface area contributed by atoms with Gasteiger partial charge in [0, 0.05) is 6.92 Å². The predicted octanol–water partition coefficient (Wildman–Crippen LogP) is 8.05. The Kier molecular flexibility index (Phi) is 7.41. The molecule has 3 heteroatoms. The molecule has 0 aromatic carbocycles. The van der Waals surface area contributed by atoms with E-state index in [2.05, 4.69) is 34.6 Å². The fourth-order valence-electron chi connectivity index (χ4n) is 10.8. The number of hydrogen-bond donors (Lipinski definition) is 0. The van der Waals surface area contributed by atoms with Crippen LogP contribution >= 0.6 is 0 Å². The molecule has 11 atom stereocenters. The van der Waals surface area contributed by atoms with Gasteiger partial charge in [-0.05, 0) is 116 Å². The summed E-state index contributed by atoms with van der Waals surface area (Å²) < 4.78 is 11.8. The number of esters is 1. The van der Waals surface area contributed by atoms with Gasteiger partial charge in [-0.15, -0.1) is 0 Å². The maximum atomic E-state index is 11.3. The van der Waals surface area contributed by atoms with Crippen molar-refractivity contribution in [2.24, 2.45) is 58.2 Å². The molecule has 0 bridgehead atoms. The van der Waals surface area contributed by atoms with E-state index in [4.69, 9.17) is 9.47 Å². The van der Waals surface area contributed by atoms with Crippen molar-refractivity contribution in [3.05, 3.63) is 0 Å². The average molecular weight is 487 g/mol. The summed E-state index contributed by atoms with van der Waals surface area (Å²) in [4.78, 5) is 11.3. The van der Waals surface area contributed by atoms with Gasteiger partial charge in [0.25, 0.3) is 0 Å². The smallest absolute Gasteiger partial charge is 0.302 e. The van der Waals surface area contributed by atoms with Gasteiger partial charge in [0.15, 0.2) is 0 Å². The molecular weight excluding hydrogens is 432 g/mol. The monoisotopic (exact) mass is 486 g/mol. The van der Waals surface area contributed by atoms with Crippen LogP contribution in [0.4, 0.5) is 0 Å². The van der Waals surface area contributed by atoms with E-state index in [0.717, 1.165) is 47.8 Å². The van der Waals surface area contributed by atoms with Crippen LogP contribution < -0.4 is 0 Å². The molecule has 4 saturated carbocycles. The summed E-state index contributed by atoms with van der Waals surface area (Å²) in [6, 6.07) is 0. The summed E-state index contributed by atoms with van der Waals surface area (Å²) in [6.07, 6.45) is 17.3. The minimum atomic E-state index is -0.179. The Bertz CT molecular complexity index is 762. The Morgan fingerprint density at radius 1 is 0.971 bits per heavy atom. The van der Waals surface area contributed by atoms with E-state index >= 15 is 0 Å². The van der Waals surface area contributed by atoms with Crippen LogP contribution in [0.3, 0.4) is 0 Å². The van der Waals surface area contributed by atoms with Crippen LogP contribution in [0.2, 0.25) is 0 Å². The third-order valence-electron chi connectivity index (χ3n) is 12.4. The molecule has 0 aromatic rings. The number of carbonyl (C=O) groups is 1. The zero-order valence-corrected chi connectivity index (χ0v) is 23.7. The highest BCUT2D eigenvalue weighted by molar-refractivity contribution is 5.65. The molecule has 0 unspecified atom stereocenters. The number of fused-ring (bicyclic) bond motifs is 6. The lowest BCUT2D eigenvalue weighted by atomic mass is 9.43. The Labute approximate surface area is 215 Å². The second kappa shape index (κ2) is 9.95. The van der Waals surface area contributed by atoms with E-state index in [9.17, 15) is 4.79 Å². The highest BCUT2D eigenvalue weighted by atomic mass is 16.6. The summed E-state index contributed by atoms with van der Waals surface area (Å²) in [5.74, 6) is 6.85. The van der Waals surface area contributed by atoms with E-state index < -0.39 is 0 Å². The zero-order valence-electron chi connectivity index (χ0n) is 23.7. The third-order valence-corrected chi connectivity index (χ3v) is 12.4. The van der Waals surface area contributed by atoms with E-state index in [0.29, 0.717) is 29.5 Å². The van der Waals surface area contributed by atoms with E-state index in [1.165, 1.54) is 77.6 Å². The molecule has 0 aromatic heterocycles. The first-order chi connectivity index (χ1) is 16.6. The largest absolute Gasteiger partial charge is 0.463 e. The van der Waals surface area contributed by atoms with Crippen LogP contribution in [0.1, 0.15) is 119 Å². The van der Waals surface area contributed by atoms with Gasteiger partial charge in [-0.2, -0.15) is 0 Å². The fourth-order valence-corrected chi connectivity index (χ4v) is 10.8. The quantitative estimate of drug-likeness (QED) is 0.341. The lowest BCUT2D eigenvalue weighted by molar-refractivity contribution is -0.149. The highest BCUT2D eigenvalue weighted by Crippen LogP contribution is 2.69. The third kappa shape index (κ3) is 4.74. The van der Waals surface area contributed by atoms with Crippen molar-refractivity contribution in [2.45, 2.75) is 131 Å². The van der Waals surface area contributed by atoms with Crippen LogP contribution in [-0.4, -0.2) is 24.8 Å². The van der Waals surface area contributed by atoms with Crippen molar-refractivity contribution in [3.8, 4) is 0 Å². The maximum absolute atomic E-state index is 11.3. The van der Waals surface area contributed by atoms with Crippen LogP contribution in [0, 0.1) is 58.2 Å². The van der Waals surface area contributed by atoms with Crippen molar-refractivity contribution in [2.75, 3.05) is 6.61 Å². The van der Waals surface area contributed by atoms with Gasteiger partial charge in [-0.1, -0.05) is 53.9 Å². The van der Waals surface area contributed by atoms with Gasteiger partial charge in [-0.25, -0.2) is 0 Å². The molecule has 0 radical (unpaired) electrons. The summed E-state index contributed by atoms with van der Waals surface area (Å²) in [6.45, 7) is 14.7. The van der Waals surface area contributed by atoms with E-state index in [-0.39, 0.29) is 12.1 Å². The van der Waals surface area contributed by atoms with Gasteiger partial charge in [0.05, 0.1) is 12.2 Å². The molecule has 1 heterocycles. The first-order valence-corrected chi connectivity index (χ1v) is 15.4. The van der Waals surface area contributed by atoms with E-state index in [1.807, 2.05) is 0 Å². The summed E-state index contributed by atoms with van der Waals surface area (Å²) in [7, 11) is 0. The molecule has 1 saturated heterocycles. The average Bonchev–Trinajstić information content (AvgIpc) is 3.34. The predicted molar refractivity (Wildman–Crippen MR) is 142 cm³/mol. The van der Waals surface area contributed by atoms with Gasteiger partial charge in [-0.3, -0.25) is 4.79 Å². The molecule has 5 rings (SSSR count). The standard InChI is InChI=1S/C32H54O3/c1-20(2)8-7-9-21(3)27-12-13-28-26-11-10-24-17-30-23(16-25(35-30)19-34-22(4)33)18-32(24,6)29(26)14-15-31(27,28)5/h20-21,23-30H,7-19H2,1-6H3/t21-,23-,24+,25+,26+,27-,28+,29+,30-,31-,32+/m1/s1. The Balaban J connectivity index is 1.25. The van der Waals surface area contributed by atoms with Crippen LogP contribution in [0.15, 0.2) is 0 Å². The molecule has 0 spiro atoms. The zero-order chi connectivity index (χ0) is 25.0. The number of rotatable bonds is 7. The molecule has 200 valence electrons. The molecule has 35 heavy (non-hydrogen) atoms. The first-order valence-electron chi connectivity index (χ1n) is 15.4. The van der Waals surface area contributed by atoms with Crippen molar-refractivity contribution in [1.82, 2.24) is 0 Å². The molecule has 1 aliphatic heterocycles. The normalized spacial score (nSPS) is 47.5. The summed E-state index contributed by atoms with van der Waals surface area (Å²) in [5.41, 5.74) is 1.08. The molecule has 4 aliphatic carbocycles. The van der Waals surface area contributed by atoms with Gasteiger partial charge < -0.3 is 9.47 Å². The lowest BCUT2D eigenvalue weighted by Crippen LogP contribution is -2.55. The highest BCUT2D eigenvalue weighted by Gasteiger charge is 2.62. The molecule has 5 fully saturated rings. The Morgan fingerprint density at radius 3 is 2.49 bits per heavy atom. The van der Waals surface area contributed by atoms with E-state index in [1.54, 1.807) is 0 Å². The molecule has 0 amide bonds. The van der Waals surface area contributed by atoms with Gasteiger partial charge >= 0.3 is 5.97 Å². The van der Waals surface area contributed by atoms with Crippen LogP contribution in [-0.2, 0) is 14.3 Å². The number of hydrogen-bond acceptors (Lipinski definition) is 3. The topological polar surface area (TPSA) is 35.5 Å². The van der Waals surface area contributed by atoms with Crippen molar-refractivity contribution >= 4 is 5.97 Å². The molecule has 3 nitrogen and oxygen atoms in total. The molecular formula is C32H54O3. The second-order valence-electron chi connectivity index (χ2n) is 14.7. The molecule has 0 N–H and O–H groups in total. The summed E-state index contributed by atoms with van der Waals surface area (Å²) >= 11 is 0. The van der Waals surface area contributed by atoms with Gasteiger partial charge in [0.1, 0.15) is 6.61 Å². The fraction of sp³-hybridized carbons (Fsp3) is 0.969. The van der Waals surface area contributed by atoms with Crippen LogP contribution in [0.5, 0.6) is 0 Å². The second-order valence-corrected chi connectivity index (χ2v) is 14.7. The SMILES string of the molecule is CC(=O)OC[C@@H]1C[C@@H]2C[C@@]3(C)[C@@H](CC[C@@H]4[C@@H]3CC[C@]3(C)[C@@H]([C@H](C)CCCC(C)C)CC[C@@H]43)C[C@H]2O1. The maximum Gasteiger partial charge on any atom is 0.302 e. The Morgan fingerprint density at radius 2 is 1.74 bits per heavy atom. The van der Waals surface area contributed by atoms with Crippen LogP contribution in [0.25, 0.3) is 0 Å². The van der Waals surface area contributed by atoms with Crippen molar-refractivity contribution < 1.29 is 14.3 Å². The minimum Gasteiger partial charge on any atom is -0.463 e. The van der Waals surface area contributed by atoms with Gasteiger partial charge in [0.2, 0.25) is 0 Å². The first kappa shape index (κ1) is 26.1. The number of carbonyl (C=O) groups excluding carboxylic acids is 1. The van der Waals surface area contributed by atoms with Crippen molar-refractivity contribution in [3.63, 3.8) is 0 Å². The summed E-state index contributed by atoms with van der Waals surface area (Å²) in [5, 5.41) is 0. The minimum absolute atomic E-state index is 0.121.